The van der Waals surface area contributed by atoms with Crippen molar-refractivity contribution in [2.45, 2.75) is 104 Å². The van der Waals surface area contributed by atoms with Gasteiger partial charge in [0.2, 0.25) is 0 Å². The van der Waals surface area contributed by atoms with Crippen molar-refractivity contribution < 1.29 is 14.0 Å². The summed E-state index contributed by atoms with van der Waals surface area (Å²) in [6, 6.07) is 4.07. The Hall–Kier alpha value is -2.13. The van der Waals surface area contributed by atoms with Crippen LogP contribution in [0.5, 0.6) is 0 Å². The predicted molar refractivity (Wildman–Crippen MR) is 141 cm³/mol. The monoisotopic (exact) mass is 501 g/mol. The summed E-state index contributed by atoms with van der Waals surface area (Å²) in [5, 5.41) is 5.12. The van der Waals surface area contributed by atoms with Crippen LogP contribution in [0, 0.1) is 0 Å². The number of piperidine rings is 1. The molecular formula is C26H43N5O3Si. The van der Waals surface area contributed by atoms with Crippen molar-refractivity contribution in [3.05, 3.63) is 23.5 Å². The second-order valence-corrected chi connectivity index (χ2v) is 17.3. The minimum absolute atomic E-state index is 0.109. The van der Waals surface area contributed by atoms with E-state index in [0.29, 0.717) is 13.2 Å². The fraction of sp³-hybridized carbons (Fsp3) is 0.731. The zero-order valence-electron chi connectivity index (χ0n) is 22.8. The van der Waals surface area contributed by atoms with E-state index in [1.807, 2.05) is 36.3 Å². The van der Waals surface area contributed by atoms with Crippen LogP contribution in [0.4, 0.5) is 10.6 Å². The molecular weight excluding hydrogens is 458 g/mol. The molecule has 0 spiro atoms. The lowest BCUT2D eigenvalue weighted by molar-refractivity contribution is 0.00896. The molecule has 0 radical (unpaired) electrons. The van der Waals surface area contributed by atoms with Gasteiger partial charge in [-0.1, -0.05) is 20.8 Å². The molecule has 194 valence electrons. The highest BCUT2D eigenvalue weighted by Gasteiger charge is 2.38. The van der Waals surface area contributed by atoms with Crippen LogP contribution in [0.15, 0.2) is 12.1 Å². The lowest BCUT2D eigenvalue weighted by Gasteiger charge is -2.36. The van der Waals surface area contributed by atoms with Gasteiger partial charge in [0.15, 0.2) is 14.0 Å². The third-order valence-electron chi connectivity index (χ3n) is 7.55. The standard InChI is InChI=1S/C26H43N5O3Si/c1-25(2,3)34-24(32)30-15-10-9-12-21(30)20-17-23-27-22(29-13-11-14-29)16-19(31(23)28-20)18-33-35(7,8)26(4,5)6/h16-17,21H,9-15,18H2,1-8H3/t21-/m0/s1. The van der Waals surface area contributed by atoms with Crippen molar-refractivity contribution in [1.29, 1.82) is 0 Å². The Morgan fingerprint density at radius 1 is 1.06 bits per heavy atom. The van der Waals surface area contributed by atoms with Crippen LogP contribution >= 0.6 is 0 Å². The Labute approximate surface area is 211 Å². The van der Waals surface area contributed by atoms with E-state index in [0.717, 1.165) is 55.2 Å². The molecule has 4 rings (SSSR count). The Kier molecular flexibility index (Phi) is 6.96. The largest absolute Gasteiger partial charge is 0.444 e. The second-order valence-electron chi connectivity index (χ2n) is 12.5. The maximum absolute atomic E-state index is 13.0. The third-order valence-corrected chi connectivity index (χ3v) is 12.0. The first-order valence-corrected chi connectivity index (χ1v) is 15.9. The van der Waals surface area contributed by atoms with Crippen molar-refractivity contribution in [2.75, 3.05) is 24.5 Å². The normalized spacial score (nSPS) is 19.7. The van der Waals surface area contributed by atoms with E-state index in [2.05, 4.69) is 44.8 Å². The third kappa shape index (κ3) is 5.66. The summed E-state index contributed by atoms with van der Waals surface area (Å²) in [4.78, 5) is 22.1. The molecule has 8 nitrogen and oxygen atoms in total. The minimum Gasteiger partial charge on any atom is -0.444 e. The van der Waals surface area contributed by atoms with Gasteiger partial charge < -0.3 is 14.1 Å². The first-order valence-electron chi connectivity index (χ1n) is 13.0. The number of hydrogen-bond donors (Lipinski definition) is 0. The molecule has 0 N–H and O–H groups in total. The quantitative estimate of drug-likeness (QED) is 0.473. The zero-order chi connectivity index (χ0) is 25.6. The van der Waals surface area contributed by atoms with Crippen LogP contribution in [-0.4, -0.2) is 59.1 Å². The van der Waals surface area contributed by atoms with Gasteiger partial charge in [0.1, 0.15) is 11.4 Å². The van der Waals surface area contributed by atoms with E-state index < -0.39 is 13.9 Å². The number of likely N-dealkylation sites (tertiary alicyclic amines) is 1. The maximum Gasteiger partial charge on any atom is 0.410 e. The molecule has 1 amide bonds. The molecule has 2 fully saturated rings. The average molecular weight is 502 g/mol. The molecule has 2 aromatic heterocycles. The number of fused-ring (bicyclic) bond motifs is 1. The van der Waals surface area contributed by atoms with Crippen LogP contribution < -0.4 is 4.90 Å². The van der Waals surface area contributed by atoms with Crippen LogP contribution in [0.2, 0.25) is 18.1 Å². The number of carbonyl (C=O) groups excluding carboxylic acids is 1. The molecule has 0 unspecified atom stereocenters. The number of carbonyl (C=O) groups is 1. The summed E-state index contributed by atoms with van der Waals surface area (Å²) in [5.74, 6) is 0.983. The molecule has 1 atom stereocenters. The van der Waals surface area contributed by atoms with Crippen LogP contribution in [0.25, 0.3) is 5.65 Å². The highest BCUT2D eigenvalue weighted by Crippen LogP contribution is 2.38. The topological polar surface area (TPSA) is 72.2 Å². The number of rotatable bonds is 5. The smallest absolute Gasteiger partial charge is 0.410 e. The van der Waals surface area contributed by atoms with Crippen LogP contribution in [-0.2, 0) is 15.8 Å². The molecule has 0 bridgehead atoms. The summed E-state index contributed by atoms with van der Waals surface area (Å²) in [6.07, 6.45) is 3.84. The molecule has 0 saturated carbocycles. The molecule has 0 aromatic carbocycles. The first kappa shape index (κ1) is 25.9. The number of hydrogen-bond acceptors (Lipinski definition) is 6. The van der Waals surface area contributed by atoms with Crippen LogP contribution in [0.3, 0.4) is 0 Å². The summed E-state index contributed by atoms with van der Waals surface area (Å²) < 4.78 is 14.2. The van der Waals surface area contributed by atoms with E-state index in [-0.39, 0.29) is 17.2 Å². The van der Waals surface area contributed by atoms with Crippen molar-refractivity contribution in [1.82, 2.24) is 19.5 Å². The number of ether oxygens (including phenoxy) is 1. The van der Waals surface area contributed by atoms with Crippen LogP contribution in [0.1, 0.15) is 84.7 Å². The molecule has 4 heterocycles. The summed E-state index contributed by atoms with van der Waals surface area (Å²) in [6.45, 7) is 20.3. The van der Waals surface area contributed by atoms with Gasteiger partial charge in [-0.3, -0.25) is 4.90 Å². The SMILES string of the molecule is CC(C)(C)OC(=O)N1CCCC[C@H]1c1cc2nc(N3CCC3)cc(CO[Si](C)(C)C(C)(C)C)n2n1. The van der Waals surface area contributed by atoms with Crippen molar-refractivity contribution in [3.8, 4) is 0 Å². The molecule has 2 aliphatic rings. The Bertz CT molecular complexity index is 1070. The van der Waals surface area contributed by atoms with E-state index >= 15 is 0 Å². The molecule has 9 heteroatoms. The summed E-state index contributed by atoms with van der Waals surface area (Å²) >= 11 is 0. The molecule has 2 saturated heterocycles. The Morgan fingerprint density at radius 2 is 1.77 bits per heavy atom. The number of aromatic nitrogens is 3. The minimum atomic E-state index is -1.93. The molecule has 0 aliphatic carbocycles. The van der Waals surface area contributed by atoms with Gasteiger partial charge in [0.25, 0.3) is 0 Å². The second kappa shape index (κ2) is 9.39. The van der Waals surface area contributed by atoms with Gasteiger partial charge >= 0.3 is 6.09 Å². The maximum atomic E-state index is 13.0. The van der Waals surface area contributed by atoms with E-state index in [4.69, 9.17) is 19.2 Å². The van der Waals surface area contributed by atoms with E-state index in [1.165, 1.54) is 6.42 Å². The van der Waals surface area contributed by atoms with E-state index in [9.17, 15) is 4.79 Å². The number of amides is 1. The highest BCUT2D eigenvalue weighted by atomic mass is 28.4. The van der Waals surface area contributed by atoms with Gasteiger partial charge in [-0.05, 0) is 64.6 Å². The lowest BCUT2D eigenvalue weighted by atomic mass is 10.00. The van der Waals surface area contributed by atoms with Gasteiger partial charge in [0, 0.05) is 31.8 Å². The van der Waals surface area contributed by atoms with Crippen molar-refractivity contribution >= 4 is 25.9 Å². The molecule has 35 heavy (non-hydrogen) atoms. The average Bonchev–Trinajstić information content (AvgIpc) is 3.13. The van der Waals surface area contributed by atoms with Gasteiger partial charge in [-0.2, -0.15) is 5.10 Å². The fourth-order valence-corrected chi connectivity index (χ4v) is 5.20. The Morgan fingerprint density at radius 3 is 2.37 bits per heavy atom. The van der Waals surface area contributed by atoms with Gasteiger partial charge in [-0.15, -0.1) is 0 Å². The van der Waals surface area contributed by atoms with Gasteiger partial charge in [-0.25, -0.2) is 14.3 Å². The van der Waals surface area contributed by atoms with E-state index in [1.54, 1.807) is 0 Å². The summed E-state index contributed by atoms with van der Waals surface area (Å²) in [7, 11) is -1.93. The Balaban J connectivity index is 1.68. The predicted octanol–water partition coefficient (Wildman–Crippen LogP) is 5.92. The molecule has 2 aromatic rings. The number of anilines is 1. The molecule has 2 aliphatic heterocycles. The fourth-order valence-electron chi connectivity index (χ4n) is 4.26. The van der Waals surface area contributed by atoms with Crippen molar-refractivity contribution in [2.24, 2.45) is 0 Å². The van der Waals surface area contributed by atoms with Gasteiger partial charge in [0.05, 0.1) is 24.0 Å². The zero-order valence-corrected chi connectivity index (χ0v) is 23.8. The summed E-state index contributed by atoms with van der Waals surface area (Å²) in [5.41, 5.74) is 2.16. The lowest BCUT2D eigenvalue weighted by Crippen LogP contribution is -2.42. The van der Waals surface area contributed by atoms with Crippen molar-refractivity contribution in [3.63, 3.8) is 0 Å². The first-order chi connectivity index (χ1) is 16.2. The highest BCUT2D eigenvalue weighted by molar-refractivity contribution is 6.74. The number of nitrogens with zero attached hydrogens (tertiary/aromatic N) is 5.